The summed E-state index contributed by atoms with van der Waals surface area (Å²) in [6.45, 7) is 5.96. The number of aliphatic hydroxyl groups is 1. The fourth-order valence-electron chi connectivity index (χ4n) is 2.82. The Kier molecular flexibility index (Phi) is 4.38. The van der Waals surface area contributed by atoms with E-state index in [1.54, 1.807) is 6.92 Å². The van der Waals surface area contributed by atoms with Crippen LogP contribution in [0.5, 0.6) is 0 Å². The molecular formula is C16H23NO2. The van der Waals surface area contributed by atoms with E-state index in [-0.39, 0.29) is 5.92 Å². The second kappa shape index (κ2) is 5.85. The van der Waals surface area contributed by atoms with Gasteiger partial charge >= 0.3 is 0 Å². The van der Waals surface area contributed by atoms with Crippen LogP contribution < -0.4 is 0 Å². The van der Waals surface area contributed by atoms with Crippen LogP contribution in [0.3, 0.4) is 0 Å². The van der Waals surface area contributed by atoms with E-state index in [2.05, 4.69) is 4.90 Å². The molecule has 1 aliphatic rings. The number of rotatable bonds is 4. The van der Waals surface area contributed by atoms with Gasteiger partial charge in [-0.2, -0.15) is 0 Å². The van der Waals surface area contributed by atoms with Gasteiger partial charge in [0.15, 0.2) is 0 Å². The first kappa shape index (κ1) is 14.2. The summed E-state index contributed by atoms with van der Waals surface area (Å²) < 4.78 is 0. The molecular weight excluding hydrogens is 238 g/mol. The summed E-state index contributed by atoms with van der Waals surface area (Å²) >= 11 is 0. The highest BCUT2D eigenvalue weighted by Crippen LogP contribution is 2.25. The molecule has 0 amide bonds. The average Bonchev–Trinajstić information content (AvgIpc) is 2.40. The SMILES string of the molecule is CC(=O)C1CCN(CC(C)(O)c2ccccc2)CC1. The van der Waals surface area contributed by atoms with E-state index in [9.17, 15) is 9.90 Å². The Morgan fingerprint density at radius 1 is 1.32 bits per heavy atom. The van der Waals surface area contributed by atoms with Crippen LogP contribution in [0.15, 0.2) is 30.3 Å². The summed E-state index contributed by atoms with van der Waals surface area (Å²) in [6.07, 6.45) is 1.83. The molecule has 0 spiro atoms. The number of ketones is 1. The first-order valence-electron chi connectivity index (χ1n) is 7.00. The molecule has 19 heavy (non-hydrogen) atoms. The normalized spacial score (nSPS) is 21.0. The Morgan fingerprint density at radius 2 is 1.89 bits per heavy atom. The third kappa shape index (κ3) is 3.64. The van der Waals surface area contributed by atoms with Gasteiger partial charge in [-0.3, -0.25) is 4.79 Å². The molecule has 1 aromatic rings. The minimum Gasteiger partial charge on any atom is -0.384 e. The highest BCUT2D eigenvalue weighted by Gasteiger charge is 2.29. The molecule has 104 valence electrons. The third-order valence-corrected chi connectivity index (χ3v) is 4.09. The van der Waals surface area contributed by atoms with Gasteiger partial charge in [-0.15, -0.1) is 0 Å². The fraction of sp³-hybridized carbons (Fsp3) is 0.562. The van der Waals surface area contributed by atoms with Crippen molar-refractivity contribution in [3.63, 3.8) is 0 Å². The highest BCUT2D eigenvalue weighted by molar-refractivity contribution is 5.78. The van der Waals surface area contributed by atoms with Gasteiger partial charge in [-0.25, -0.2) is 0 Å². The van der Waals surface area contributed by atoms with Crippen LogP contribution in [0.1, 0.15) is 32.3 Å². The summed E-state index contributed by atoms with van der Waals surface area (Å²) in [5.74, 6) is 0.521. The molecule has 1 N–H and O–H groups in total. The van der Waals surface area contributed by atoms with Crippen LogP contribution in [0.2, 0.25) is 0 Å². The lowest BCUT2D eigenvalue weighted by atomic mass is 9.90. The van der Waals surface area contributed by atoms with E-state index >= 15 is 0 Å². The summed E-state index contributed by atoms with van der Waals surface area (Å²) in [5, 5.41) is 10.6. The number of carbonyl (C=O) groups is 1. The van der Waals surface area contributed by atoms with Crippen molar-refractivity contribution < 1.29 is 9.90 Å². The largest absolute Gasteiger partial charge is 0.384 e. The Labute approximate surface area is 115 Å². The zero-order valence-electron chi connectivity index (χ0n) is 11.8. The van der Waals surface area contributed by atoms with Crippen LogP contribution in [0, 0.1) is 5.92 Å². The molecule has 1 aromatic carbocycles. The predicted molar refractivity (Wildman–Crippen MR) is 75.9 cm³/mol. The molecule has 2 rings (SSSR count). The summed E-state index contributed by atoms with van der Waals surface area (Å²) in [6, 6.07) is 9.78. The molecule has 1 fully saturated rings. The van der Waals surface area contributed by atoms with Crippen molar-refractivity contribution in [2.24, 2.45) is 5.92 Å². The lowest BCUT2D eigenvalue weighted by Crippen LogP contribution is -2.43. The average molecular weight is 261 g/mol. The smallest absolute Gasteiger partial charge is 0.133 e. The van der Waals surface area contributed by atoms with Crippen LogP contribution in [0.25, 0.3) is 0 Å². The first-order chi connectivity index (χ1) is 8.99. The number of hydrogen-bond acceptors (Lipinski definition) is 3. The van der Waals surface area contributed by atoms with Crippen molar-refractivity contribution in [2.75, 3.05) is 19.6 Å². The molecule has 1 atom stereocenters. The van der Waals surface area contributed by atoms with E-state index in [0.717, 1.165) is 31.5 Å². The van der Waals surface area contributed by atoms with Gasteiger partial charge in [0.05, 0.1) is 5.60 Å². The molecule has 0 saturated carbocycles. The van der Waals surface area contributed by atoms with Gasteiger partial charge in [0.25, 0.3) is 0 Å². The summed E-state index contributed by atoms with van der Waals surface area (Å²) in [5.41, 5.74) is 0.119. The minimum absolute atomic E-state index is 0.220. The molecule has 1 heterocycles. The lowest BCUT2D eigenvalue weighted by Gasteiger charge is -2.36. The van der Waals surface area contributed by atoms with E-state index in [4.69, 9.17) is 0 Å². The number of hydrogen-bond donors (Lipinski definition) is 1. The van der Waals surface area contributed by atoms with Crippen molar-refractivity contribution in [1.82, 2.24) is 4.90 Å². The second-order valence-corrected chi connectivity index (χ2v) is 5.80. The van der Waals surface area contributed by atoms with E-state index in [1.807, 2.05) is 37.3 Å². The number of nitrogens with zero attached hydrogens (tertiary/aromatic N) is 1. The van der Waals surface area contributed by atoms with Crippen molar-refractivity contribution >= 4 is 5.78 Å². The maximum absolute atomic E-state index is 11.3. The third-order valence-electron chi connectivity index (χ3n) is 4.09. The summed E-state index contributed by atoms with van der Waals surface area (Å²) in [7, 11) is 0. The number of benzene rings is 1. The van der Waals surface area contributed by atoms with Crippen molar-refractivity contribution in [2.45, 2.75) is 32.3 Å². The van der Waals surface area contributed by atoms with Crippen LogP contribution in [-0.2, 0) is 10.4 Å². The monoisotopic (exact) mass is 261 g/mol. The van der Waals surface area contributed by atoms with Gasteiger partial charge in [-0.1, -0.05) is 30.3 Å². The number of Topliss-reactive ketones (excluding diaryl/α,β-unsaturated/α-hetero) is 1. The fourth-order valence-corrected chi connectivity index (χ4v) is 2.82. The molecule has 3 nitrogen and oxygen atoms in total. The van der Waals surface area contributed by atoms with Crippen molar-refractivity contribution in [3.8, 4) is 0 Å². The summed E-state index contributed by atoms with van der Waals surface area (Å²) in [4.78, 5) is 13.6. The van der Waals surface area contributed by atoms with Crippen LogP contribution in [-0.4, -0.2) is 35.4 Å². The van der Waals surface area contributed by atoms with Crippen molar-refractivity contribution in [1.29, 1.82) is 0 Å². The standard InChI is InChI=1S/C16H23NO2/c1-13(18)14-8-10-17(11-9-14)12-16(2,19)15-6-4-3-5-7-15/h3-7,14,19H,8-12H2,1-2H3. The number of carbonyl (C=O) groups excluding carboxylic acids is 1. The van der Waals surface area contributed by atoms with E-state index in [0.29, 0.717) is 12.3 Å². The molecule has 3 heteroatoms. The Hall–Kier alpha value is -1.19. The highest BCUT2D eigenvalue weighted by atomic mass is 16.3. The first-order valence-corrected chi connectivity index (χ1v) is 7.00. The molecule has 1 saturated heterocycles. The Morgan fingerprint density at radius 3 is 2.42 bits per heavy atom. The molecule has 1 unspecified atom stereocenters. The van der Waals surface area contributed by atoms with Gasteiger partial charge in [0.1, 0.15) is 5.78 Å². The molecule has 0 radical (unpaired) electrons. The zero-order valence-corrected chi connectivity index (χ0v) is 11.8. The topological polar surface area (TPSA) is 40.5 Å². The quantitative estimate of drug-likeness (QED) is 0.903. The van der Waals surface area contributed by atoms with Gasteiger partial charge in [-0.05, 0) is 45.3 Å². The lowest BCUT2D eigenvalue weighted by molar-refractivity contribution is -0.122. The Balaban J connectivity index is 1.93. The molecule has 0 aliphatic carbocycles. The maximum atomic E-state index is 11.3. The zero-order chi connectivity index (χ0) is 13.9. The van der Waals surface area contributed by atoms with Gasteiger partial charge in [0.2, 0.25) is 0 Å². The van der Waals surface area contributed by atoms with E-state index in [1.165, 1.54) is 0 Å². The van der Waals surface area contributed by atoms with E-state index < -0.39 is 5.60 Å². The molecule has 1 aliphatic heterocycles. The number of likely N-dealkylation sites (tertiary alicyclic amines) is 1. The molecule has 0 aromatic heterocycles. The minimum atomic E-state index is -0.829. The van der Waals surface area contributed by atoms with Gasteiger partial charge < -0.3 is 10.0 Å². The predicted octanol–water partition coefficient (Wildman–Crippen LogP) is 2.20. The van der Waals surface area contributed by atoms with Crippen molar-refractivity contribution in [3.05, 3.63) is 35.9 Å². The maximum Gasteiger partial charge on any atom is 0.133 e. The number of β-amino-alcohol motifs (C(OH)–C–C–N with tert-alkyl or cyclic N) is 1. The molecule has 0 bridgehead atoms. The number of piperidine rings is 1. The van der Waals surface area contributed by atoms with Gasteiger partial charge in [0, 0.05) is 12.5 Å². The second-order valence-electron chi connectivity index (χ2n) is 5.80. The Bertz CT molecular complexity index is 420. The van der Waals surface area contributed by atoms with Crippen LogP contribution >= 0.6 is 0 Å². The van der Waals surface area contributed by atoms with Crippen LogP contribution in [0.4, 0.5) is 0 Å².